The number of nitrogens with one attached hydrogen (secondary N) is 1. The quantitative estimate of drug-likeness (QED) is 0.913. The van der Waals surface area contributed by atoms with Crippen molar-refractivity contribution in [2.75, 3.05) is 22.8 Å². The lowest BCUT2D eigenvalue weighted by Crippen LogP contribution is -2.36. The molecule has 0 spiro atoms. The molecule has 0 aromatic heterocycles. The number of carbonyl (C=O) groups is 1. The summed E-state index contributed by atoms with van der Waals surface area (Å²) in [5, 5.41) is 0. The van der Waals surface area contributed by atoms with Crippen molar-refractivity contribution in [2.24, 2.45) is 0 Å². The maximum Gasteiger partial charge on any atom is 0.261 e. The fourth-order valence-corrected chi connectivity index (χ4v) is 3.84. The van der Waals surface area contributed by atoms with Crippen LogP contribution >= 0.6 is 0 Å². The Kier molecular flexibility index (Phi) is 4.43. The first-order chi connectivity index (χ1) is 11.8. The number of carbonyl (C=O) groups excluding carboxylic acids is 1. The Morgan fingerprint density at radius 2 is 1.88 bits per heavy atom. The van der Waals surface area contributed by atoms with E-state index in [0.717, 1.165) is 11.1 Å². The molecule has 0 fully saturated rings. The van der Waals surface area contributed by atoms with Crippen molar-refractivity contribution in [3.63, 3.8) is 0 Å². The number of amides is 1. The molecule has 0 saturated heterocycles. The van der Waals surface area contributed by atoms with Gasteiger partial charge in [-0.3, -0.25) is 9.52 Å². The zero-order chi connectivity index (χ0) is 18.2. The van der Waals surface area contributed by atoms with Crippen LogP contribution in [0, 0.1) is 13.8 Å². The van der Waals surface area contributed by atoms with Gasteiger partial charge >= 0.3 is 0 Å². The van der Waals surface area contributed by atoms with Crippen LogP contribution in [0.2, 0.25) is 0 Å². The third-order valence-electron chi connectivity index (χ3n) is 4.24. The van der Waals surface area contributed by atoms with E-state index in [4.69, 9.17) is 4.74 Å². The van der Waals surface area contributed by atoms with Crippen molar-refractivity contribution >= 4 is 27.3 Å². The largest absolute Gasteiger partial charge is 0.490 e. The van der Waals surface area contributed by atoms with Crippen LogP contribution in [-0.4, -0.2) is 27.5 Å². The summed E-state index contributed by atoms with van der Waals surface area (Å²) in [6.07, 6.45) is 0. The van der Waals surface area contributed by atoms with Gasteiger partial charge in [0.15, 0.2) is 0 Å². The summed E-state index contributed by atoms with van der Waals surface area (Å²) < 4.78 is 33.4. The number of aryl methyl sites for hydroxylation is 2. The molecule has 25 heavy (non-hydrogen) atoms. The lowest BCUT2D eigenvalue weighted by Gasteiger charge is -2.29. The number of hydrogen-bond acceptors (Lipinski definition) is 4. The summed E-state index contributed by atoms with van der Waals surface area (Å²) in [7, 11) is -3.71. The van der Waals surface area contributed by atoms with E-state index in [2.05, 4.69) is 4.72 Å². The van der Waals surface area contributed by atoms with Gasteiger partial charge in [0.2, 0.25) is 5.91 Å². The van der Waals surface area contributed by atoms with Crippen LogP contribution < -0.4 is 14.4 Å². The van der Waals surface area contributed by atoms with Crippen molar-refractivity contribution in [2.45, 2.75) is 25.7 Å². The first-order valence-corrected chi connectivity index (χ1v) is 9.41. The minimum Gasteiger partial charge on any atom is -0.490 e. The Bertz CT molecular complexity index is 938. The van der Waals surface area contributed by atoms with E-state index >= 15 is 0 Å². The monoisotopic (exact) mass is 360 g/mol. The van der Waals surface area contributed by atoms with E-state index < -0.39 is 10.0 Å². The lowest BCUT2D eigenvalue weighted by molar-refractivity contribution is -0.116. The van der Waals surface area contributed by atoms with Gasteiger partial charge in [0.1, 0.15) is 12.4 Å². The zero-order valence-electron chi connectivity index (χ0n) is 14.4. The fourth-order valence-electron chi connectivity index (χ4n) is 2.70. The molecule has 0 bridgehead atoms. The number of fused-ring (bicyclic) bond motifs is 1. The third kappa shape index (κ3) is 3.46. The first kappa shape index (κ1) is 17.3. The molecular weight excluding hydrogens is 340 g/mol. The second-order valence-electron chi connectivity index (χ2n) is 6.05. The average molecular weight is 360 g/mol. The van der Waals surface area contributed by atoms with Crippen LogP contribution in [-0.2, 0) is 14.8 Å². The van der Waals surface area contributed by atoms with Crippen LogP contribution in [0.4, 0.5) is 11.4 Å². The summed E-state index contributed by atoms with van der Waals surface area (Å²) in [5.74, 6) is 0.453. The Hall–Kier alpha value is -2.54. The molecule has 0 unspecified atom stereocenters. The summed E-state index contributed by atoms with van der Waals surface area (Å²) in [4.78, 5) is 13.6. The molecule has 1 N–H and O–H groups in total. The van der Waals surface area contributed by atoms with Crippen molar-refractivity contribution in [3.8, 4) is 5.75 Å². The molecule has 0 atom stereocenters. The number of ether oxygens (including phenoxy) is 1. The molecule has 1 amide bonds. The van der Waals surface area contributed by atoms with Crippen LogP contribution in [0.3, 0.4) is 0 Å². The van der Waals surface area contributed by atoms with E-state index in [1.54, 1.807) is 41.3 Å². The van der Waals surface area contributed by atoms with Crippen LogP contribution in [0.25, 0.3) is 0 Å². The van der Waals surface area contributed by atoms with Crippen molar-refractivity contribution in [1.29, 1.82) is 0 Å². The van der Waals surface area contributed by atoms with Gasteiger partial charge in [-0.1, -0.05) is 6.07 Å². The van der Waals surface area contributed by atoms with Crippen LogP contribution in [0.15, 0.2) is 41.3 Å². The van der Waals surface area contributed by atoms with Gasteiger partial charge in [0, 0.05) is 6.92 Å². The molecule has 7 heteroatoms. The molecule has 1 aliphatic rings. The number of hydrogen-bond donors (Lipinski definition) is 1. The van der Waals surface area contributed by atoms with Gasteiger partial charge < -0.3 is 9.64 Å². The molecule has 3 rings (SSSR count). The molecule has 6 nitrogen and oxygen atoms in total. The molecule has 0 radical (unpaired) electrons. The Balaban J connectivity index is 1.94. The Morgan fingerprint density at radius 1 is 1.12 bits per heavy atom. The normalized spacial score (nSPS) is 13.8. The van der Waals surface area contributed by atoms with Crippen molar-refractivity contribution in [1.82, 2.24) is 0 Å². The number of nitrogens with zero attached hydrogens (tertiary/aromatic N) is 1. The van der Waals surface area contributed by atoms with Gasteiger partial charge in [-0.15, -0.1) is 0 Å². The van der Waals surface area contributed by atoms with Gasteiger partial charge in [0.25, 0.3) is 10.0 Å². The van der Waals surface area contributed by atoms with Gasteiger partial charge in [-0.2, -0.15) is 0 Å². The number of sulfonamides is 1. The Labute approximate surface area is 147 Å². The molecule has 132 valence electrons. The van der Waals surface area contributed by atoms with E-state index in [0.29, 0.717) is 30.3 Å². The first-order valence-electron chi connectivity index (χ1n) is 7.93. The Morgan fingerprint density at radius 3 is 2.56 bits per heavy atom. The van der Waals surface area contributed by atoms with E-state index in [9.17, 15) is 13.2 Å². The van der Waals surface area contributed by atoms with Gasteiger partial charge in [-0.05, 0) is 55.3 Å². The number of rotatable bonds is 3. The summed E-state index contributed by atoms with van der Waals surface area (Å²) in [5.41, 5.74) is 2.89. The maximum absolute atomic E-state index is 12.6. The highest BCUT2D eigenvalue weighted by molar-refractivity contribution is 7.92. The highest BCUT2D eigenvalue weighted by atomic mass is 32.2. The van der Waals surface area contributed by atoms with Crippen LogP contribution in [0.1, 0.15) is 18.1 Å². The topological polar surface area (TPSA) is 75.7 Å². The second-order valence-corrected chi connectivity index (χ2v) is 7.74. The molecular formula is C18H20N2O4S. The zero-order valence-corrected chi connectivity index (χ0v) is 15.2. The standard InChI is InChI=1S/C18H20N2O4S/c1-12-4-6-16(10-13(12)2)25(22,23)19-15-5-7-18-17(11-15)20(14(3)21)8-9-24-18/h4-7,10-11,19H,8-9H2,1-3H3. The smallest absolute Gasteiger partial charge is 0.261 e. The molecule has 2 aromatic rings. The summed E-state index contributed by atoms with van der Waals surface area (Å²) >= 11 is 0. The van der Waals surface area contributed by atoms with Gasteiger partial charge in [0.05, 0.1) is 22.8 Å². The molecule has 0 saturated carbocycles. The van der Waals surface area contributed by atoms with E-state index in [1.807, 2.05) is 13.8 Å². The predicted octanol–water partition coefficient (Wildman–Crippen LogP) is 2.85. The van der Waals surface area contributed by atoms with E-state index in [-0.39, 0.29) is 10.8 Å². The third-order valence-corrected chi connectivity index (χ3v) is 5.62. The maximum atomic E-state index is 12.6. The van der Waals surface area contributed by atoms with Crippen molar-refractivity contribution < 1.29 is 17.9 Å². The predicted molar refractivity (Wildman–Crippen MR) is 96.7 cm³/mol. The summed E-state index contributed by atoms with van der Waals surface area (Å²) in [6.45, 7) is 6.13. The molecule has 0 aliphatic carbocycles. The SMILES string of the molecule is CC(=O)N1CCOc2ccc(NS(=O)(=O)c3ccc(C)c(C)c3)cc21. The summed E-state index contributed by atoms with van der Waals surface area (Å²) in [6, 6.07) is 9.91. The van der Waals surface area contributed by atoms with Gasteiger partial charge in [-0.25, -0.2) is 8.42 Å². The molecule has 1 aliphatic heterocycles. The van der Waals surface area contributed by atoms with E-state index in [1.165, 1.54) is 6.92 Å². The highest BCUT2D eigenvalue weighted by Crippen LogP contribution is 2.34. The minimum absolute atomic E-state index is 0.112. The lowest BCUT2D eigenvalue weighted by atomic mass is 10.1. The van der Waals surface area contributed by atoms with Crippen LogP contribution in [0.5, 0.6) is 5.75 Å². The minimum atomic E-state index is -3.71. The average Bonchev–Trinajstić information content (AvgIpc) is 2.56. The number of anilines is 2. The number of benzene rings is 2. The molecule has 2 aromatic carbocycles. The highest BCUT2D eigenvalue weighted by Gasteiger charge is 2.23. The fraction of sp³-hybridized carbons (Fsp3) is 0.278. The molecule has 1 heterocycles. The second kappa shape index (κ2) is 6.40. The van der Waals surface area contributed by atoms with Crippen molar-refractivity contribution in [3.05, 3.63) is 47.5 Å².